The Kier molecular flexibility index (Phi) is 2.87. The van der Waals surface area contributed by atoms with Gasteiger partial charge in [0.15, 0.2) is 5.60 Å². The van der Waals surface area contributed by atoms with Gasteiger partial charge < -0.3 is 5.11 Å². The summed E-state index contributed by atoms with van der Waals surface area (Å²) >= 11 is 2.98. The molecular weight excluding hydrogens is 263 g/mol. The molecule has 1 aromatic rings. The summed E-state index contributed by atoms with van der Waals surface area (Å²) in [6.45, 7) is 0.691. The van der Waals surface area contributed by atoms with Crippen LogP contribution in [0.15, 0.2) is 22.9 Å². The van der Waals surface area contributed by atoms with E-state index in [1.54, 1.807) is 0 Å². The third kappa shape index (κ3) is 2.06. The molecule has 14 heavy (non-hydrogen) atoms. The van der Waals surface area contributed by atoms with E-state index in [2.05, 4.69) is 20.9 Å². The quantitative estimate of drug-likeness (QED) is 0.850. The summed E-state index contributed by atoms with van der Waals surface area (Å²) in [4.78, 5) is 3.56. The van der Waals surface area contributed by atoms with Crippen LogP contribution in [0, 0.1) is 0 Å². The minimum absolute atomic E-state index is 0.292. The topological polar surface area (TPSA) is 33.1 Å². The van der Waals surface area contributed by atoms with Crippen molar-refractivity contribution in [1.82, 2.24) is 4.98 Å². The van der Waals surface area contributed by atoms with E-state index in [0.29, 0.717) is 11.4 Å². The van der Waals surface area contributed by atoms with E-state index in [9.17, 15) is 18.3 Å². The maximum absolute atomic E-state index is 12.4. The molecular formula is C8H7BrF3NO. The second-order valence-electron chi connectivity index (χ2n) is 2.96. The fraction of sp³-hybridized carbons (Fsp3) is 0.375. The standard InChI is InChI=1S/C8H7BrF3NO/c1-7(14,8(10,11)12)5-2-6(9)4-13-3-5/h2-4,14H,1H3/t7-/m1/s1. The van der Waals surface area contributed by atoms with Crippen molar-refractivity contribution in [1.29, 1.82) is 0 Å². The van der Waals surface area contributed by atoms with E-state index in [1.165, 1.54) is 12.3 Å². The molecule has 0 aliphatic heterocycles. The molecule has 78 valence electrons. The van der Waals surface area contributed by atoms with E-state index in [-0.39, 0.29) is 5.56 Å². The summed E-state index contributed by atoms with van der Waals surface area (Å²) < 4.78 is 37.5. The number of rotatable bonds is 1. The highest BCUT2D eigenvalue weighted by Gasteiger charge is 2.51. The number of alkyl halides is 3. The zero-order valence-corrected chi connectivity index (χ0v) is 8.72. The molecule has 2 nitrogen and oxygen atoms in total. The molecule has 1 heterocycles. The van der Waals surface area contributed by atoms with Gasteiger partial charge in [-0.05, 0) is 28.9 Å². The molecule has 0 saturated heterocycles. The van der Waals surface area contributed by atoms with Gasteiger partial charge >= 0.3 is 6.18 Å². The first kappa shape index (κ1) is 11.5. The van der Waals surface area contributed by atoms with E-state index in [4.69, 9.17) is 0 Å². The average Bonchev–Trinajstić information content (AvgIpc) is 2.02. The normalized spacial score (nSPS) is 16.4. The minimum atomic E-state index is -4.71. The summed E-state index contributed by atoms with van der Waals surface area (Å²) in [7, 11) is 0. The highest BCUT2D eigenvalue weighted by atomic mass is 79.9. The van der Waals surface area contributed by atoms with Crippen molar-refractivity contribution < 1.29 is 18.3 Å². The lowest BCUT2D eigenvalue weighted by Crippen LogP contribution is -2.39. The van der Waals surface area contributed by atoms with Crippen LogP contribution < -0.4 is 0 Å². The summed E-state index contributed by atoms with van der Waals surface area (Å²) in [5, 5.41) is 9.26. The molecule has 6 heteroatoms. The third-order valence-corrected chi connectivity index (χ3v) is 2.25. The molecule has 0 spiro atoms. The fourth-order valence-electron chi connectivity index (χ4n) is 0.842. The van der Waals surface area contributed by atoms with Crippen LogP contribution in [0.2, 0.25) is 0 Å². The van der Waals surface area contributed by atoms with Crippen LogP contribution in [-0.2, 0) is 5.60 Å². The molecule has 1 atom stereocenters. The molecule has 0 radical (unpaired) electrons. The molecule has 0 saturated carbocycles. The molecule has 0 bridgehead atoms. The van der Waals surface area contributed by atoms with Gasteiger partial charge in [-0.25, -0.2) is 0 Å². The second kappa shape index (κ2) is 3.51. The highest BCUT2D eigenvalue weighted by Crippen LogP contribution is 2.38. The molecule has 1 aromatic heterocycles. The van der Waals surface area contributed by atoms with Gasteiger partial charge in [0.1, 0.15) is 0 Å². The van der Waals surface area contributed by atoms with Crippen LogP contribution >= 0.6 is 15.9 Å². The van der Waals surface area contributed by atoms with Gasteiger partial charge in [0.2, 0.25) is 0 Å². The monoisotopic (exact) mass is 269 g/mol. The van der Waals surface area contributed by atoms with Crippen LogP contribution in [0.4, 0.5) is 13.2 Å². The molecule has 0 aliphatic carbocycles. The first-order chi connectivity index (χ1) is 6.25. The molecule has 1 rings (SSSR count). The van der Waals surface area contributed by atoms with Crippen molar-refractivity contribution >= 4 is 15.9 Å². The Morgan fingerprint density at radius 1 is 1.36 bits per heavy atom. The minimum Gasteiger partial charge on any atom is -0.376 e. The Morgan fingerprint density at radius 2 is 1.93 bits per heavy atom. The maximum Gasteiger partial charge on any atom is 0.421 e. The van der Waals surface area contributed by atoms with Crippen LogP contribution in [0.5, 0.6) is 0 Å². The van der Waals surface area contributed by atoms with Crippen molar-refractivity contribution in [3.8, 4) is 0 Å². The van der Waals surface area contributed by atoms with Crippen molar-refractivity contribution in [3.63, 3.8) is 0 Å². The van der Waals surface area contributed by atoms with Gasteiger partial charge in [-0.2, -0.15) is 13.2 Å². The second-order valence-corrected chi connectivity index (χ2v) is 3.88. The lowest BCUT2D eigenvalue weighted by atomic mass is 9.97. The van der Waals surface area contributed by atoms with Gasteiger partial charge in [0.25, 0.3) is 0 Å². The number of aromatic nitrogens is 1. The van der Waals surface area contributed by atoms with Crippen LogP contribution in [-0.4, -0.2) is 16.3 Å². The van der Waals surface area contributed by atoms with Crippen LogP contribution in [0.25, 0.3) is 0 Å². The molecule has 0 unspecified atom stereocenters. The number of halogens is 4. The predicted molar refractivity (Wildman–Crippen MR) is 47.6 cm³/mol. The van der Waals surface area contributed by atoms with Crippen molar-refractivity contribution in [2.75, 3.05) is 0 Å². The van der Waals surface area contributed by atoms with Gasteiger partial charge in [0, 0.05) is 22.4 Å². The van der Waals surface area contributed by atoms with E-state index >= 15 is 0 Å². The maximum atomic E-state index is 12.4. The van der Waals surface area contributed by atoms with Crippen LogP contribution in [0.3, 0.4) is 0 Å². The number of hydrogen-bond acceptors (Lipinski definition) is 2. The van der Waals surface area contributed by atoms with Gasteiger partial charge in [-0.3, -0.25) is 4.98 Å². The highest BCUT2D eigenvalue weighted by molar-refractivity contribution is 9.10. The lowest BCUT2D eigenvalue weighted by molar-refractivity contribution is -0.259. The van der Waals surface area contributed by atoms with E-state index in [1.807, 2.05) is 0 Å². The summed E-state index contributed by atoms with van der Waals surface area (Å²) in [5.41, 5.74) is -3.16. The number of hydrogen-bond donors (Lipinski definition) is 1. The first-order valence-electron chi connectivity index (χ1n) is 3.65. The third-order valence-electron chi connectivity index (χ3n) is 1.82. The Balaban J connectivity index is 3.16. The predicted octanol–water partition coefficient (Wildman–Crippen LogP) is 2.61. The summed E-state index contributed by atoms with van der Waals surface area (Å²) in [6.07, 6.45) is -2.39. The molecule has 0 aromatic carbocycles. The zero-order valence-electron chi connectivity index (χ0n) is 7.14. The molecule has 0 fully saturated rings. The Bertz CT molecular complexity index is 338. The Hall–Kier alpha value is -0.620. The van der Waals surface area contributed by atoms with Gasteiger partial charge in [-0.1, -0.05) is 0 Å². The SMILES string of the molecule is C[C@@](O)(c1cncc(Br)c1)C(F)(F)F. The largest absolute Gasteiger partial charge is 0.421 e. The summed E-state index contributed by atoms with van der Waals surface area (Å²) in [6, 6.07) is 1.18. The van der Waals surface area contributed by atoms with E-state index < -0.39 is 11.8 Å². The lowest BCUT2D eigenvalue weighted by Gasteiger charge is -2.26. The molecule has 1 N–H and O–H groups in total. The Labute approximate surface area is 86.9 Å². The van der Waals surface area contributed by atoms with Crippen LogP contribution in [0.1, 0.15) is 12.5 Å². The Morgan fingerprint density at radius 3 is 2.36 bits per heavy atom. The van der Waals surface area contributed by atoms with E-state index in [0.717, 1.165) is 6.20 Å². The number of pyridine rings is 1. The fourth-order valence-corrected chi connectivity index (χ4v) is 1.21. The average molecular weight is 270 g/mol. The zero-order chi connectivity index (χ0) is 11.0. The van der Waals surface area contributed by atoms with Crippen molar-refractivity contribution in [3.05, 3.63) is 28.5 Å². The van der Waals surface area contributed by atoms with Gasteiger partial charge in [0.05, 0.1) is 0 Å². The molecule has 0 amide bonds. The number of aliphatic hydroxyl groups is 1. The number of nitrogens with zero attached hydrogens (tertiary/aromatic N) is 1. The van der Waals surface area contributed by atoms with Crippen molar-refractivity contribution in [2.24, 2.45) is 0 Å². The van der Waals surface area contributed by atoms with Gasteiger partial charge in [-0.15, -0.1) is 0 Å². The smallest absolute Gasteiger partial charge is 0.376 e. The molecule has 0 aliphatic rings. The summed E-state index contributed by atoms with van der Waals surface area (Å²) in [5.74, 6) is 0. The van der Waals surface area contributed by atoms with Crippen molar-refractivity contribution in [2.45, 2.75) is 18.7 Å². The first-order valence-corrected chi connectivity index (χ1v) is 4.44.